The fourth-order valence-corrected chi connectivity index (χ4v) is 5.02. The van der Waals surface area contributed by atoms with Gasteiger partial charge in [0.2, 0.25) is 5.91 Å². The van der Waals surface area contributed by atoms with Gasteiger partial charge in [0.05, 0.1) is 16.6 Å². The second-order valence-electron chi connectivity index (χ2n) is 8.67. The Morgan fingerprint density at radius 1 is 1.16 bits per heavy atom. The SMILES string of the molecule is CC1CCN([C@@H](CNC(=O)[C@@H](NC(=O)c2ccccc2Cl)C(C)C)c2cccs2)CC1. The Labute approximate surface area is 194 Å². The van der Waals surface area contributed by atoms with Crippen LogP contribution in [0.3, 0.4) is 0 Å². The molecular weight excluding hydrogens is 430 g/mol. The van der Waals surface area contributed by atoms with E-state index >= 15 is 0 Å². The van der Waals surface area contributed by atoms with Crippen LogP contribution in [0.4, 0.5) is 0 Å². The molecule has 1 aromatic heterocycles. The van der Waals surface area contributed by atoms with Gasteiger partial charge in [-0.25, -0.2) is 0 Å². The topological polar surface area (TPSA) is 61.4 Å². The van der Waals surface area contributed by atoms with Gasteiger partial charge >= 0.3 is 0 Å². The van der Waals surface area contributed by atoms with Gasteiger partial charge in [0.1, 0.15) is 6.04 Å². The smallest absolute Gasteiger partial charge is 0.253 e. The van der Waals surface area contributed by atoms with Crippen LogP contribution >= 0.6 is 22.9 Å². The molecule has 7 heteroatoms. The summed E-state index contributed by atoms with van der Waals surface area (Å²) in [4.78, 5) is 29.5. The van der Waals surface area contributed by atoms with E-state index in [4.69, 9.17) is 11.6 Å². The Bertz CT molecular complexity index is 863. The molecule has 2 atom stereocenters. The standard InChI is InChI=1S/C24H32ClN3O2S/c1-16(2)22(27-23(29)18-7-4-5-8-19(18)25)24(30)26-15-20(21-9-6-14-31-21)28-12-10-17(3)11-13-28/h4-9,14,16-17,20,22H,10-13,15H2,1-3H3,(H,26,30)(H,27,29)/t20-,22-/m0/s1. The minimum Gasteiger partial charge on any atom is -0.352 e. The maximum atomic E-state index is 13.1. The van der Waals surface area contributed by atoms with Gasteiger partial charge in [-0.3, -0.25) is 14.5 Å². The van der Waals surface area contributed by atoms with E-state index in [1.165, 1.54) is 17.7 Å². The maximum absolute atomic E-state index is 13.1. The fraction of sp³-hybridized carbons (Fsp3) is 0.500. The fourth-order valence-electron chi connectivity index (χ4n) is 3.94. The minimum absolute atomic E-state index is 0.0533. The van der Waals surface area contributed by atoms with Gasteiger partial charge in [-0.15, -0.1) is 11.3 Å². The number of likely N-dealkylation sites (tertiary alicyclic amines) is 1. The Kier molecular flexibility index (Phi) is 8.52. The molecule has 5 nitrogen and oxygen atoms in total. The normalized spacial score (nSPS) is 17.3. The van der Waals surface area contributed by atoms with Crippen molar-refractivity contribution in [1.29, 1.82) is 0 Å². The highest BCUT2D eigenvalue weighted by molar-refractivity contribution is 7.10. The van der Waals surface area contributed by atoms with Crippen LogP contribution < -0.4 is 10.6 Å². The van der Waals surface area contributed by atoms with Crippen molar-refractivity contribution in [2.45, 2.75) is 45.7 Å². The molecule has 168 valence electrons. The first kappa shape index (κ1) is 23.8. The highest BCUT2D eigenvalue weighted by Crippen LogP contribution is 2.29. The third-order valence-electron chi connectivity index (χ3n) is 5.95. The highest BCUT2D eigenvalue weighted by atomic mass is 35.5. The predicted octanol–water partition coefficient (Wildman–Crippen LogP) is 4.75. The summed E-state index contributed by atoms with van der Waals surface area (Å²) in [5, 5.41) is 8.44. The molecule has 0 unspecified atom stereocenters. The molecule has 2 aromatic rings. The number of carbonyl (C=O) groups is 2. The number of nitrogens with one attached hydrogen (secondary N) is 2. The van der Waals surface area contributed by atoms with E-state index in [1.54, 1.807) is 35.6 Å². The zero-order valence-electron chi connectivity index (χ0n) is 18.4. The lowest BCUT2D eigenvalue weighted by atomic mass is 9.97. The van der Waals surface area contributed by atoms with Gasteiger partial charge in [-0.2, -0.15) is 0 Å². The van der Waals surface area contributed by atoms with Gasteiger partial charge in [-0.05, 0) is 61.3 Å². The second kappa shape index (κ2) is 11.1. The van der Waals surface area contributed by atoms with E-state index in [2.05, 4.69) is 40.0 Å². The zero-order valence-corrected chi connectivity index (χ0v) is 20.0. The number of amides is 2. The van der Waals surface area contributed by atoms with Gasteiger partial charge in [0, 0.05) is 11.4 Å². The van der Waals surface area contributed by atoms with Crippen LogP contribution in [0.2, 0.25) is 5.02 Å². The zero-order chi connectivity index (χ0) is 22.4. The van der Waals surface area contributed by atoms with Crippen molar-refractivity contribution < 1.29 is 9.59 Å². The maximum Gasteiger partial charge on any atom is 0.253 e. The molecule has 3 rings (SSSR count). The summed E-state index contributed by atoms with van der Waals surface area (Å²) in [6.07, 6.45) is 2.36. The largest absolute Gasteiger partial charge is 0.352 e. The molecule has 0 bridgehead atoms. The number of hydrogen-bond acceptors (Lipinski definition) is 4. The molecule has 31 heavy (non-hydrogen) atoms. The number of hydrogen-bond donors (Lipinski definition) is 2. The van der Waals surface area contributed by atoms with E-state index in [9.17, 15) is 9.59 Å². The first-order valence-corrected chi connectivity index (χ1v) is 12.2. The van der Waals surface area contributed by atoms with Crippen LogP contribution in [0, 0.1) is 11.8 Å². The van der Waals surface area contributed by atoms with Crippen LogP contribution in [0.5, 0.6) is 0 Å². The van der Waals surface area contributed by atoms with Crippen molar-refractivity contribution >= 4 is 34.8 Å². The number of benzene rings is 1. The van der Waals surface area contributed by atoms with Crippen LogP contribution in [0.1, 0.15) is 54.9 Å². The molecule has 0 radical (unpaired) electrons. The molecule has 2 amide bonds. The van der Waals surface area contributed by atoms with Crippen molar-refractivity contribution in [3.63, 3.8) is 0 Å². The summed E-state index contributed by atoms with van der Waals surface area (Å²) in [5.74, 6) is 0.198. The quantitative estimate of drug-likeness (QED) is 0.596. The van der Waals surface area contributed by atoms with Crippen LogP contribution in [-0.2, 0) is 4.79 Å². The summed E-state index contributed by atoms with van der Waals surface area (Å²) in [5.41, 5.74) is 0.376. The monoisotopic (exact) mass is 461 g/mol. The summed E-state index contributed by atoms with van der Waals surface area (Å²) >= 11 is 7.88. The molecule has 1 fully saturated rings. The number of piperidine rings is 1. The molecule has 2 heterocycles. The first-order chi connectivity index (χ1) is 14.9. The van der Waals surface area contributed by atoms with Crippen LogP contribution in [0.25, 0.3) is 0 Å². The Morgan fingerprint density at radius 3 is 2.48 bits per heavy atom. The van der Waals surface area contributed by atoms with E-state index in [0.717, 1.165) is 19.0 Å². The second-order valence-corrected chi connectivity index (χ2v) is 10.1. The van der Waals surface area contributed by atoms with Crippen LogP contribution in [-0.4, -0.2) is 42.4 Å². The molecular formula is C24H32ClN3O2S. The number of halogens is 1. The lowest BCUT2D eigenvalue weighted by molar-refractivity contribution is -0.124. The summed E-state index contributed by atoms with van der Waals surface area (Å²) in [6.45, 7) is 8.76. The van der Waals surface area contributed by atoms with Crippen molar-refractivity contribution in [2.24, 2.45) is 11.8 Å². The van der Waals surface area contributed by atoms with E-state index < -0.39 is 6.04 Å². The van der Waals surface area contributed by atoms with Crippen molar-refractivity contribution in [3.8, 4) is 0 Å². The van der Waals surface area contributed by atoms with Crippen molar-refractivity contribution in [1.82, 2.24) is 15.5 Å². The first-order valence-electron chi connectivity index (χ1n) is 11.0. The number of carbonyl (C=O) groups excluding carboxylic acids is 2. The molecule has 0 aliphatic carbocycles. The van der Waals surface area contributed by atoms with Crippen molar-refractivity contribution in [2.75, 3.05) is 19.6 Å². The Morgan fingerprint density at radius 2 is 1.87 bits per heavy atom. The average molecular weight is 462 g/mol. The molecule has 1 aromatic carbocycles. The van der Waals surface area contributed by atoms with E-state index in [1.807, 2.05) is 13.8 Å². The minimum atomic E-state index is -0.630. The van der Waals surface area contributed by atoms with Crippen molar-refractivity contribution in [3.05, 3.63) is 57.2 Å². The number of rotatable bonds is 8. The van der Waals surface area contributed by atoms with Gasteiger partial charge in [-0.1, -0.05) is 50.6 Å². The lowest BCUT2D eigenvalue weighted by Crippen LogP contribution is -2.51. The Balaban J connectivity index is 1.66. The van der Waals surface area contributed by atoms with Gasteiger partial charge in [0.25, 0.3) is 5.91 Å². The molecule has 1 aliphatic heterocycles. The summed E-state index contributed by atoms with van der Waals surface area (Å²) < 4.78 is 0. The van der Waals surface area contributed by atoms with E-state index in [0.29, 0.717) is 17.1 Å². The molecule has 0 saturated carbocycles. The number of nitrogens with zero attached hydrogens (tertiary/aromatic N) is 1. The summed E-state index contributed by atoms with van der Waals surface area (Å²) in [6, 6.07) is 10.6. The van der Waals surface area contributed by atoms with E-state index in [-0.39, 0.29) is 23.8 Å². The number of thiophene rings is 1. The Hall–Kier alpha value is -1.89. The average Bonchev–Trinajstić information content (AvgIpc) is 3.27. The van der Waals surface area contributed by atoms with Gasteiger partial charge in [0.15, 0.2) is 0 Å². The molecule has 0 spiro atoms. The van der Waals surface area contributed by atoms with Crippen LogP contribution in [0.15, 0.2) is 41.8 Å². The summed E-state index contributed by atoms with van der Waals surface area (Å²) in [7, 11) is 0. The molecule has 2 N–H and O–H groups in total. The highest BCUT2D eigenvalue weighted by Gasteiger charge is 2.29. The molecule has 1 aliphatic rings. The third kappa shape index (κ3) is 6.31. The van der Waals surface area contributed by atoms with Gasteiger partial charge < -0.3 is 10.6 Å². The third-order valence-corrected chi connectivity index (χ3v) is 7.26. The predicted molar refractivity (Wildman–Crippen MR) is 128 cm³/mol. The lowest BCUT2D eigenvalue weighted by Gasteiger charge is -2.36. The molecule has 1 saturated heterocycles.